The number of benzene rings is 1. The minimum absolute atomic E-state index is 0.0805. The van der Waals surface area contributed by atoms with Crippen molar-refractivity contribution in [3.05, 3.63) is 38.9 Å². The van der Waals surface area contributed by atoms with Crippen molar-refractivity contribution in [3.8, 4) is 6.07 Å². The van der Waals surface area contributed by atoms with Gasteiger partial charge in [0.1, 0.15) is 5.82 Å². The zero-order valence-corrected chi connectivity index (χ0v) is 9.30. The van der Waals surface area contributed by atoms with Crippen LogP contribution in [0.3, 0.4) is 0 Å². The molecule has 80 valence electrons. The van der Waals surface area contributed by atoms with E-state index in [0.717, 1.165) is 5.56 Å². The second kappa shape index (κ2) is 3.95. The molecule has 0 saturated heterocycles. The molecular weight excluding hydrogens is 226 g/mol. The highest BCUT2D eigenvalue weighted by Gasteiger charge is 2.08. The van der Waals surface area contributed by atoms with Crippen LogP contribution in [0.15, 0.2) is 16.9 Å². The summed E-state index contributed by atoms with van der Waals surface area (Å²) in [6, 6.07) is 5.24. The van der Waals surface area contributed by atoms with E-state index in [0.29, 0.717) is 21.7 Å². The Hall–Kier alpha value is -1.86. The Morgan fingerprint density at radius 2 is 2.31 bits per heavy atom. The first-order valence-electron chi connectivity index (χ1n) is 4.68. The Labute approximate surface area is 96.5 Å². The number of nitriles is 1. The summed E-state index contributed by atoms with van der Waals surface area (Å²) in [7, 11) is 0. The Kier molecular flexibility index (Phi) is 2.63. The van der Waals surface area contributed by atoms with Crippen LogP contribution in [0.5, 0.6) is 0 Å². The van der Waals surface area contributed by atoms with Crippen LogP contribution in [0.25, 0.3) is 10.9 Å². The third-order valence-electron chi connectivity index (χ3n) is 2.36. The van der Waals surface area contributed by atoms with Gasteiger partial charge in [-0.05, 0) is 24.6 Å². The van der Waals surface area contributed by atoms with E-state index in [2.05, 4.69) is 9.97 Å². The number of rotatable bonds is 1. The number of halogens is 1. The smallest absolute Gasteiger partial charge is 0.258 e. The van der Waals surface area contributed by atoms with Crippen LogP contribution >= 0.6 is 11.6 Å². The van der Waals surface area contributed by atoms with Gasteiger partial charge in [0.25, 0.3) is 5.56 Å². The van der Waals surface area contributed by atoms with Gasteiger partial charge in [-0.25, -0.2) is 4.98 Å². The minimum Gasteiger partial charge on any atom is -0.309 e. The van der Waals surface area contributed by atoms with Crippen LogP contribution in [0.2, 0.25) is 5.02 Å². The molecule has 16 heavy (non-hydrogen) atoms. The Balaban J connectivity index is 2.84. The van der Waals surface area contributed by atoms with Gasteiger partial charge in [0, 0.05) is 5.02 Å². The summed E-state index contributed by atoms with van der Waals surface area (Å²) in [6.45, 7) is 1.80. The maximum Gasteiger partial charge on any atom is 0.258 e. The molecular formula is C11H8ClN3O. The quantitative estimate of drug-likeness (QED) is 0.819. The van der Waals surface area contributed by atoms with Gasteiger partial charge in [-0.3, -0.25) is 4.79 Å². The van der Waals surface area contributed by atoms with Gasteiger partial charge in [0.05, 0.1) is 23.4 Å². The molecule has 5 heteroatoms. The molecule has 0 bridgehead atoms. The molecule has 1 aromatic heterocycles. The molecule has 1 aromatic carbocycles. The number of aryl methyl sites for hydroxylation is 1. The van der Waals surface area contributed by atoms with Crippen molar-refractivity contribution in [1.82, 2.24) is 9.97 Å². The Bertz CT molecular complexity index is 655. The average Bonchev–Trinajstić information content (AvgIpc) is 2.25. The molecule has 0 fully saturated rings. The lowest BCUT2D eigenvalue weighted by Gasteiger charge is -2.04. The molecule has 0 atom stereocenters. The van der Waals surface area contributed by atoms with Gasteiger partial charge in [-0.1, -0.05) is 11.6 Å². The van der Waals surface area contributed by atoms with Crippen molar-refractivity contribution >= 4 is 22.5 Å². The zero-order valence-electron chi connectivity index (χ0n) is 8.54. The van der Waals surface area contributed by atoms with Gasteiger partial charge in [0.15, 0.2) is 0 Å². The summed E-state index contributed by atoms with van der Waals surface area (Å²) in [5.74, 6) is 0.366. The molecule has 1 N–H and O–H groups in total. The molecule has 0 saturated carbocycles. The second-order valence-electron chi connectivity index (χ2n) is 3.42. The van der Waals surface area contributed by atoms with Crippen LogP contribution in [0, 0.1) is 18.3 Å². The molecule has 0 amide bonds. The van der Waals surface area contributed by atoms with Crippen molar-refractivity contribution in [2.45, 2.75) is 13.3 Å². The maximum absolute atomic E-state index is 11.7. The number of aromatic amines is 1. The van der Waals surface area contributed by atoms with Gasteiger partial charge in [-0.15, -0.1) is 0 Å². The van der Waals surface area contributed by atoms with Crippen LogP contribution in [0.4, 0.5) is 0 Å². The standard InChI is InChI=1S/C11H8ClN3O/c1-6-8(12)3-2-7-10(6)14-9(4-5-13)15-11(7)16/h2-3H,4H2,1H3,(H,14,15,16). The van der Waals surface area contributed by atoms with E-state index in [-0.39, 0.29) is 12.0 Å². The number of nitrogens with one attached hydrogen (secondary N) is 1. The first kappa shape index (κ1) is 10.7. The van der Waals surface area contributed by atoms with E-state index in [1.807, 2.05) is 6.07 Å². The topological polar surface area (TPSA) is 69.5 Å². The molecule has 0 aliphatic heterocycles. The van der Waals surface area contributed by atoms with Crippen LogP contribution in [0.1, 0.15) is 11.4 Å². The highest BCUT2D eigenvalue weighted by molar-refractivity contribution is 6.32. The number of hydrogen-bond donors (Lipinski definition) is 1. The summed E-state index contributed by atoms with van der Waals surface area (Å²) in [5, 5.41) is 9.62. The summed E-state index contributed by atoms with van der Waals surface area (Å²) in [4.78, 5) is 18.5. The SMILES string of the molecule is Cc1c(Cl)ccc2c(=O)[nH]c(CC#N)nc12. The third-order valence-corrected chi connectivity index (χ3v) is 2.77. The lowest BCUT2D eigenvalue weighted by atomic mass is 10.1. The van der Waals surface area contributed by atoms with Gasteiger partial charge >= 0.3 is 0 Å². The normalized spacial score (nSPS) is 10.3. The minimum atomic E-state index is -0.241. The first-order valence-corrected chi connectivity index (χ1v) is 5.06. The van der Waals surface area contributed by atoms with Crippen LogP contribution in [-0.4, -0.2) is 9.97 Å². The van der Waals surface area contributed by atoms with E-state index in [9.17, 15) is 4.79 Å². The maximum atomic E-state index is 11.7. The second-order valence-corrected chi connectivity index (χ2v) is 3.82. The fourth-order valence-corrected chi connectivity index (χ4v) is 1.68. The number of aromatic nitrogens is 2. The van der Waals surface area contributed by atoms with E-state index in [4.69, 9.17) is 16.9 Å². The van der Waals surface area contributed by atoms with Crippen molar-refractivity contribution < 1.29 is 0 Å². The summed E-state index contributed by atoms with van der Waals surface area (Å²) >= 11 is 5.95. The molecule has 0 aliphatic rings. The van der Waals surface area contributed by atoms with Crippen LogP contribution < -0.4 is 5.56 Å². The summed E-state index contributed by atoms with van der Waals surface area (Å²) < 4.78 is 0. The van der Waals surface area contributed by atoms with E-state index in [1.165, 1.54) is 0 Å². The highest BCUT2D eigenvalue weighted by atomic mass is 35.5. The van der Waals surface area contributed by atoms with E-state index < -0.39 is 0 Å². The van der Waals surface area contributed by atoms with Gasteiger partial charge in [0.2, 0.25) is 0 Å². The number of fused-ring (bicyclic) bond motifs is 1. The molecule has 2 aromatic rings. The van der Waals surface area contributed by atoms with Gasteiger partial charge < -0.3 is 4.98 Å². The third kappa shape index (κ3) is 1.66. The monoisotopic (exact) mass is 233 g/mol. The van der Waals surface area contributed by atoms with Crippen molar-refractivity contribution in [2.24, 2.45) is 0 Å². The predicted molar refractivity (Wildman–Crippen MR) is 61.4 cm³/mol. The fraction of sp³-hybridized carbons (Fsp3) is 0.182. The fourth-order valence-electron chi connectivity index (χ4n) is 1.52. The molecule has 0 aliphatic carbocycles. The molecule has 4 nitrogen and oxygen atoms in total. The molecule has 1 heterocycles. The largest absolute Gasteiger partial charge is 0.309 e. The Morgan fingerprint density at radius 3 is 3.00 bits per heavy atom. The van der Waals surface area contributed by atoms with Crippen molar-refractivity contribution in [1.29, 1.82) is 5.26 Å². The lowest BCUT2D eigenvalue weighted by molar-refractivity contribution is 0.997. The highest BCUT2D eigenvalue weighted by Crippen LogP contribution is 2.21. The van der Waals surface area contributed by atoms with Gasteiger partial charge in [-0.2, -0.15) is 5.26 Å². The molecule has 0 unspecified atom stereocenters. The molecule has 0 spiro atoms. The van der Waals surface area contributed by atoms with E-state index in [1.54, 1.807) is 19.1 Å². The molecule has 2 rings (SSSR count). The number of hydrogen-bond acceptors (Lipinski definition) is 3. The molecule has 0 radical (unpaired) electrons. The number of nitrogens with zero attached hydrogens (tertiary/aromatic N) is 2. The average molecular weight is 234 g/mol. The Morgan fingerprint density at radius 1 is 1.56 bits per heavy atom. The van der Waals surface area contributed by atoms with E-state index >= 15 is 0 Å². The first-order chi connectivity index (χ1) is 7.63. The predicted octanol–water partition coefficient (Wildman–Crippen LogP) is 1.95. The summed E-state index contributed by atoms with van der Waals surface area (Å²) in [6.07, 6.45) is 0.0805. The van der Waals surface area contributed by atoms with Crippen LogP contribution in [-0.2, 0) is 6.42 Å². The van der Waals surface area contributed by atoms with Crippen molar-refractivity contribution in [2.75, 3.05) is 0 Å². The summed E-state index contributed by atoms with van der Waals surface area (Å²) in [5.41, 5.74) is 1.07. The van der Waals surface area contributed by atoms with Crippen molar-refractivity contribution in [3.63, 3.8) is 0 Å². The zero-order chi connectivity index (χ0) is 11.7. The number of H-pyrrole nitrogens is 1. The lowest BCUT2D eigenvalue weighted by Crippen LogP contribution is -2.12.